The number of hydrogen-bond acceptors (Lipinski definition) is 3. The monoisotopic (exact) mass is 447 g/mol. The van der Waals surface area contributed by atoms with Crippen LogP contribution in [0.15, 0.2) is 52.1 Å². The average molecular weight is 448 g/mol. The summed E-state index contributed by atoms with van der Waals surface area (Å²) in [6.07, 6.45) is 3.94. The lowest BCUT2D eigenvalue weighted by atomic mass is 10.0. The van der Waals surface area contributed by atoms with E-state index in [1.807, 2.05) is 31.3 Å². The number of nitrogens with zero attached hydrogens (tertiary/aromatic N) is 3. The second-order valence-corrected chi connectivity index (χ2v) is 7.86. The van der Waals surface area contributed by atoms with Gasteiger partial charge in [0.05, 0.1) is 12.2 Å². The number of halogens is 2. The lowest BCUT2D eigenvalue weighted by Crippen LogP contribution is -2.48. The maximum Gasteiger partial charge on any atom is 0.191 e. The Balaban J connectivity index is 1.51. The van der Waals surface area contributed by atoms with Gasteiger partial charge in [0.25, 0.3) is 0 Å². The van der Waals surface area contributed by atoms with Gasteiger partial charge < -0.3 is 10.6 Å². The van der Waals surface area contributed by atoms with Crippen molar-refractivity contribution in [3.8, 4) is 0 Å². The summed E-state index contributed by atoms with van der Waals surface area (Å²) in [5, 5.41) is 6.77. The van der Waals surface area contributed by atoms with Gasteiger partial charge in [-0.05, 0) is 44.0 Å². The number of benzene rings is 1. The minimum absolute atomic E-state index is 0.239. The van der Waals surface area contributed by atoms with Crippen molar-refractivity contribution in [1.29, 1.82) is 0 Å². The summed E-state index contributed by atoms with van der Waals surface area (Å²) >= 11 is 3.28. The van der Waals surface area contributed by atoms with Crippen LogP contribution in [0.1, 0.15) is 31.0 Å². The van der Waals surface area contributed by atoms with E-state index in [0.29, 0.717) is 18.2 Å². The zero-order valence-corrected chi connectivity index (χ0v) is 17.8. The fourth-order valence-electron chi connectivity index (χ4n) is 3.28. The average Bonchev–Trinajstić information content (AvgIpc) is 2.69. The van der Waals surface area contributed by atoms with E-state index in [1.165, 1.54) is 6.07 Å². The Morgan fingerprint density at radius 2 is 2.11 bits per heavy atom. The first-order valence-corrected chi connectivity index (χ1v) is 10.5. The maximum absolute atomic E-state index is 14.0. The molecule has 1 aliphatic heterocycles. The van der Waals surface area contributed by atoms with Crippen molar-refractivity contribution >= 4 is 21.9 Å². The lowest BCUT2D eigenvalue weighted by Gasteiger charge is -2.32. The molecule has 0 radical (unpaired) electrons. The summed E-state index contributed by atoms with van der Waals surface area (Å²) in [4.78, 5) is 11.4. The van der Waals surface area contributed by atoms with Crippen LogP contribution < -0.4 is 10.6 Å². The highest BCUT2D eigenvalue weighted by Crippen LogP contribution is 2.16. The minimum Gasteiger partial charge on any atom is -0.357 e. The molecular formula is C21H27BrFN5. The smallest absolute Gasteiger partial charge is 0.191 e. The number of guanidine groups is 1. The number of aromatic nitrogens is 1. The predicted octanol–water partition coefficient (Wildman–Crippen LogP) is 3.70. The molecule has 7 heteroatoms. The fraction of sp³-hybridized carbons (Fsp3) is 0.429. The van der Waals surface area contributed by atoms with Gasteiger partial charge in [-0.25, -0.2) is 9.38 Å². The second-order valence-electron chi connectivity index (χ2n) is 6.95. The molecule has 2 heterocycles. The van der Waals surface area contributed by atoms with E-state index >= 15 is 0 Å². The number of hydrogen-bond donors (Lipinski definition) is 2. The molecule has 28 heavy (non-hydrogen) atoms. The molecule has 1 aromatic heterocycles. The molecule has 1 aromatic carbocycles. The molecule has 0 spiro atoms. The summed E-state index contributed by atoms with van der Waals surface area (Å²) in [6, 6.07) is 11.5. The van der Waals surface area contributed by atoms with Gasteiger partial charge in [-0.2, -0.15) is 0 Å². The number of rotatable bonds is 6. The van der Waals surface area contributed by atoms with Crippen LogP contribution in [0.3, 0.4) is 0 Å². The SMILES string of the molecule is CCNC(=NCc1ccc(Br)cc1F)NC1CCN(Cc2ccccn2)CC1. The van der Waals surface area contributed by atoms with Crippen LogP contribution in [0.5, 0.6) is 0 Å². The summed E-state index contributed by atoms with van der Waals surface area (Å²) < 4.78 is 14.8. The molecule has 0 amide bonds. The molecule has 2 aromatic rings. The molecule has 0 saturated carbocycles. The van der Waals surface area contributed by atoms with E-state index in [1.54, 1.807) is 6.07 Å². The fourth-order valence-corrected chi connectivity index (χ4v) is 3.62. The minimum atomic E-state index is -0.239. The third-order valence-electron chi connectivity index (χ3n) is 4.81. The molecule has 0 bridgehead atoms. The topological polar surface area (TPSA) is 52.6 Å². The third-order valence-corrected chi connectivity index (χ3v) is 5.30. The maximum atomic E-state index is 14.0. The van der Waals surface area contributed by atoms with E-state index in [2.05, 4.69) is 47.5 Å². The number of pyridine rings is 1. The highest BCUT2D eigenvalue weighted by atomic mass is 79.9. The van der Waals surface area contributed by atoms with Gasteiger partial charge in [0.15, 0.2) is 5.96 Å². The van der Waals surface area contributed by atoms with Gasteiger partial charge in [0.1, 0.15) is 5.82 Å². The Kier molecular flexibility index (Phi) is 7.80. The predicted molar refractivity (Wildman–Crippen MR) is 115 cm³/mol. The van der Waals surface area contributed by atoms with Gasteiger partial charge >= 0.3 is 0 Å². The molecule has 150 valence electrons. The van der Waals surface area contributed by atoms with Crippen molar-refractivity contribution in [2.24, 2.45) is 4.99 Å². The van der Waals surface area contributed by atoms with E-state index in [4.69, 9.17) is 0 Å². The van der Waals surface area contributed by atoms with Crippen LogP contribution in [0.4, 0.5) is 4.39 Å². The zero-order chi connectivity index (χ0) is 19.8. The molecule has 2 N–H and O–H groups in total. The normalized spacial score (nSPS) is 16.2. The van der Waals surface area contributed by atoms with Gasteiger partial charge in [0, 0.05) is 48.5 Å². The van der Waals surface area contributed by atoms with Gasteiger partial charge in [-0.1, -0.05) is 28.1 Å². The van der Waals surface area contributed by atoms with Crippen LogP contribution in [-0.2, 0) is 13.1 Å². The van der Waals surface area contributed by atoms with Crippen LogP contribution >= 0.6 is 15.9 Å². The molecule has 3 rings (SSSR count). The number of piperidine rings is 1. The molecule has 1 saturated heterocycles. The Bertz CT molecular complexity index is 776. The Hall–Kier alpha value is -1.99. The Morgan fingerprint density at radius 1 is 1.29 bits per heavy atom. The van der Waals surface area contributed by atoms with E-state index in [9.17, 15) is 4.39 Å². The molecule has 0 atom stereocenters. The standard InChI is InChI=1S/C21H27BrFN5/c1-2-24-21(26-14-16-6-7-17(22)13-20(16)23)27-18-8-11-28(12-9-18)15-19-5-3-4-10-25-19/h3-7,10,13,18H,2,8-9,11-12,14-15H2,1H3,(H2,24,26,27). The molecule has 0 unspecified atom stereocenters. The zero-order valence-electron chi connectivity index (χ0n) is 16.2. The first-order valence-electron chi connectivity index (χ1n) is 9.75. The van der Waals surface area contributed by atoms with Crippen LogP contribution in [0.2, 0.25) is 0 Å². The number of nitrogens with one attached hydrogen (secondary N) is 2. The van der Waals surface area contributed by atoms with Crippen molar-refractivity contribution in [3.63, 3.8) is 0 Å². The second kappa shape index (κ2) is 10.5. The van der Waals surface area contributed by atoms with E-state index in [-0.39, 0.29) is 5.82 Å². The lowest BCUT2D eigenvalue weighted by molar-refractivity contribution is 0.196. The van der Waals surface area contributed by atoms with Crippen molar-refractivity contribution < 1.29 is 4.39 Å². The first-order chi connectivity index (χ1) is 13.6. The molecule has 5 nitrogen and oxygen atoms in total. The van der Waals surface area contributed by atoms with Crippen molar-refractivity contribution in [2.45, 2.75) is 38.9 Å². The number of aliphatic imine (C=N–C) groups is 1. The summed E-state index contributed by atoms with van der Waals surface area (Å²) in [6.45, 7) is 6.06. The Labute approximate surface area is 174 Å². The first kappa shape index (κ1) is 20.7. The van der Waals surface area contributed by atoms with E-state index in [0.717, 1.165) is 55.1 Å². The third kappa shape index (κ3) is 6.27. The highest BCUT2D eigenvalue weighted by molar-refractivity contribution is 9.10. The van der Waals surface area contributed by atoms with Crippen molar-refractivity contribution in [1.82, 2.24) is 20.5 Å². The molecule has 0 aliphatic carbocycles. The Morgan fingerprint density at radius 3 is 2.79 bits per heavy atom. The molecule has 1 fully saturated rings. The largest absolute Gasteiger partial charge is 0.357 e. The van der Waals surface area contributed by atoms with E-state index < -0.39 is 0 Å². The highest BCUT2D eigenvalue weighted by Gasteiger charge is 2.20. The quantitative estimate of drug-likeness (QED) is 0.523. The van der Waals surface area contributed by atoms with Gasteiger partial charge in [0.2, 0.25) is 0 Å². The molecular weight excluding hydrogens is 421 g/mol. The van der Waals surface area contributed by atoms with Crippen LogP contribution in [0, 0.1) is 5.82 Å². The summed E-state index contributed by atoms with van der Waals surface area (Å²) in [7, 11) is 0. The summed E-state index contributed by atoms with van der Waals surface area (Å²) in [5.74, 6) is 0.504. The molecule has 1 aliphatic rings. The van der Waals surface area contributed by atoms with Crippen molar-refractivity contribution in [2.75, 3.05) is 19.6 Å². The van der Waals surface area contributed by atoms with Gasteiger partial charge in [-0.3, -0.25) is 9.88 Å². The van der Waals surface area contributed by atoms with Crippen LogP contribution in [0.25, 0.3) is 0 Å². The van der Waals surface area contributed by atoms with Gasteiger partial charge in [-0.15, -0.1) is 0 Å². The van der Waals surface area contributed by atoms with Crippen molar-refractivity contribution in [3.05, 3.63) is 64.1 Å². The van der Waals surface area contributed by atoms with Crippen LogP contribution in [-0.4, -0.2) is 41.5 Å². The number of likely N-dealkylation sites (tertiary alicyclic amines) is 1. The summed E-state index contributed by atoms with van der Waals surface area (Å²) in [5.41, 5.74) is 1.70.